The molecule has 0 aliphatic carbocycles. The van der Waals surface area contributed by atoms with Crippen molar-refractivity contribution < 1.29 is 0 Å². The van der Waals surface area contributed by atoms with Crippen molar-refractivity contribution in [1.29, 1.82) is 0 Å². The quantitative estimate of drug-likeness (QED) is 0.476. The van der Waals surface area contributed by atoms with Gasteiger partial charge in [-0.2, -0.15) is 0 Å². The number of nitrogens with one attached hydrogen (secondary N) is 1. The Hall–Kier alpha value is -1.62. The number of nitrogens with zero attached hydrogens (tertiary/aromatic N) is 3. The topological polar surface area (TPSA) is 50.2 Å². The van der Waals surface area contributed by atoms with E-state index in [1.807, 2.05) is 38.2 Å². The number of rotatable bonds is 1. The van der Waals surface area contributed by atoms with Crippen molar-refractivity contribution >= 4 is 28.0 Å². The van der Waals surface area contributed by atoms with Gasteiger partial charge in [0.05, 0.1) is 16.7 Å². The third-order valence-corrected chi connectivity index (χ3v) is 3.47. The summed E-state index contributed by atoms with van der Waals surface area (Å²) in [6.07, 6.45) is 0. The molecular weight excluding hydrogens is 232 g/mol. The van der Waals surface area contributed by atoms with Crippen molar-refractivity contribution in [1.82, 2.24) is 15.3 Å². The van der Waals surface area contributed by atoms with Crippen LogP contribution in [-0.2, 0) is 0 Å². The minimum Gasteiger partial charge on any atom is -0.368 e. The number of benzene rings is 1. The van der Waals surface area contributed by atoms with Gasteiger partial charge in [0, 0.05) is 14.1 Å². The van der Waals surface area contributed by atoms with E-state index in [4.69, 9.17) is 0 Å². The number of fused-ring (bicyclic) bond motifs is 1. The summed E-state index contributed by atoms with van der Waals surface area (Å²) in [5.41, 5.74) is 2.76. The number of aryl methyl sites for hydroxylation is 1. The number of para-hydroxylation sites is 2. The standard InChI is InChI=1S/C12H14N4S/c1-8-11(17-12(13-2)14-3)16-10-7-5-4-6-9(10)15-8/h4-7H,1-3H3,(H,13,14). The number of thioether (sulfide) groups is 1. The van der Waals surface area contributed by atoms with Crippen LogP contribution in [0.4, 0.5) is 0 Å². The van der Waals surface area contributed by atoms with Crippen molar-refractivity contribution in [2.45, 2.75) is 11.9 Å². The molecule has 0 bridgehead atoms. The Bertz CT molecular complexity index is 565. The van der Waals surface area contributed by atoms with Crippen LogP contribution in [0.1, 0.15) is 5.69 Å². The van der Waals surface area contributed by atoms with Crippen molar-refractivity contribution in [3.63, 3.8) is 0 Å². The summed E-state index contributed by atoms with van der Waals surface area (Å²) in [7, 11) is 3.60. The molecule has 1 aromatic heterocycles. The Morgan fingerprint density at radius 3 is 2.47 bits per heavy atom. The van der Waals surface area contributed by atoms with Crippen molar-refractivity contribution in [2.24, 2.45) is 4.99 Å². The van der Waals surface area contributed by atoms with Crippen LogP contribution >= 0.6 is 11.8 Å². The first-order chi connectivity index (χ1) is 8.24. The van der Waals surface area contributed by atoms with E-state index in [0.717, 1.165) is 26.9 Å². The smallest absolute Gasteiger partial charge is 0.162 e. The lowest BCUT2D eigenvalue weighted by atomic mass is 10.3. The van der Waals surface area contributed by atoms with Gasteiger partial charge in [-0.1, -0.05) is 12.1 Å². The molecule has 0 spiro atoms. The zero-order valence-corrected chi connectivity index (χ0v) is 10.9. The highest BCUT2D eigenvalue weighted by Crippen LogP contribution is 2.22. The molecule has 2 aromatic rings. The maximum Gasteiger partial charge on any atom is 0.162 e. The Balaban J connectivity index is 2.44. The molecule has 1 heterocycles. The van der Waals surface area contributed by atoms with Crippen LogP contribution in [0.3, 0.4) is 0 Å². The van der Waals surface area contributed by atoms with Crippen molar-refractivity contribution in [3.05, 3.63) is 30.0 Å². The summed E-state index contributed by atoms with van der Waals surface area (Å²) in [6.45, 7) is 1.96. The van der Waals surface area contributed by atoms with Crippen LogP contribution in [0.25, 0.3) is 11.0 Å². The van der Waals surface area contributed by atoms with Crippen LogP contribution in [0.5, 0.6) is 0 Å². The monoisotopic (exact) mass is 246 g/mol. The van der Waals surface area contributed by atoms with Gasteiger partial charge in [-0.05, 0) is 30.8 Å². The van der Waals surface area contributed by atoms with Gasteiger partial charge in [0.25, 0.3) is 0 Å². The lowest BCUT2D eigenvalue weighted by molar-refractivity contribution is 1.04. The molecule has 2 rings (SSSR count). The summed E-state index contributed by atoms with van der Waals surface area (Å²) in [4.78, 5) is 13.2. The molecule has 0 radical (unpaired) electrons. The fraction of sp³-hybridized carbons (Fsp3) is 0.250. The summed E-state index contributed by atoms with van der Waals surface area (Å²) >= 11 is 1.50. The SMILES string of the molecule is CN=C(NC)Sc1nc2ccccc2nc1C. The van der Waals surface area contributed by atoms with E-state index in [9.17, 15) is 0 Å². The Kier molecular flexibility index (Phi) is 3.58. The first-order valence-electron chi connectivity index (χ1n) is 5.30. The van der Waals surface area contributed by atoms with Crippen LogP contribution in [0.2, 0.25) is 0 Å². The van der Waals surface area contributed by atoms with Crippen molar-refractivity contribution in [2.75, 3.05) is 14.1 Å². The zero-order chi connectivity index (χ0) is 12.3. The second-order valence-electron chi connectivity index (χ2n) is 3.48. The Labute approximate surface area is 105 Å². The van der Waals surface area contributed by atoms with E-state index in [1.54, 1.807) is 7.05 Å². The molecule has 5 heteroatoms. The van der Waals surface area contributed by atoms with Gasteiger partial charge in [-0.25, -0.2) is 9.97 Å². The number of hydrogen-bond donors (Lipinski definition) is 1. The lowest BCUT2D eigenvalue weighted by Gasteiger charge is -2.07. The molecule has 0 aliphatic heterocycles. The highest BCUT2D eigenvalue weighted by atomic mass is 32.2. The predicted octanol–water partition coefficient (Wildman–Crippen LogP) is 2.24. The molecule has 0 atom stereocenters. The molecule has 4 nitrogen and oxygen atoms in total. The van der Waals surface area contributed by atoms with E-state index in [1.165, 1.54) is 11.8 Å². The average molecular weight is 246 g/mol. The van der Waals surface area contributed by atoms with Crippen molar-refractivity contribution in [3.8, 4) is 0 Å². The summed E-state index contributed by atoms with van der Waals surface area (Å²) in [5.74, 6) is 0. The highest BCUT2D eigenvalue weighted by molar-refractivity contribution is 8.13. The second-order valence-corrected chi connectivity index (χ2v) is 4.46. The molecule has 88 valence electrons. The van der Waals surface area contributed by atoms with Crippen LogP contribution < -0.4 is 5.32 Å². The third kappa shape index (κ3) is 2.55. The van der Waals surface area contributed by atoms with E-state index < -0.39 is 0 Å². The first-order valence-corrected chi connectivity index (χ1v) is 6.12. The fourth-order valence-corrected chi connectivity index (χ4v) is 2.18. The van der Waals surface area contributed by atoms with Gasteiger partial charge in [0.1, 0.15) is 5.03 Å². The molecule has 0 amide bonds. The Morgan fingerprint density at radius 1 is 1.24 bits per heavy atom. The summed E-state index contributed by atoms with van der Waals surface area (Å²) in [5, 5.41) is 4.74. The third-order valence-electron chi connectivity index (χ3n) is 2.31. The van der Waals surface area contributed by atoms with E-state index in [2.05, 4.69) is 20.3 Å². The molecule has 0 unspecified atom stereocenters. The Morgan fingerprint density at radius 2 is 1.88 bits per heavy atom. The van der Waals surface area contributed by atoms with Crippen LogP contribution in [-0.4, -0.2) is 29.2 Å². The summed E-state index contributed by atoms with van der Waals surface area (Å²) in [6, 6.07) is 7.87. The minimum atomic E-state index is 0.831. The molecule has 0 saturated carbocycles. The largest absolute Gasteiger partial charge is 0.368 e. The predicted molar refractivity (Wildman–Crippen MR) is 72.6 cm³/mol. The second kappa shape index (κ2) is 5.14. The molecule has 0 aliphatic rings. The number of hydrogen-bond acceptors (Lipinski definition) is 4. The van der Waals surface area contributed by atoms with Gasteiger partial charge in [-0.3, -0.25) is 4.99 Å². The van der Waals surface area contributed by atoms with Gasteiger partial charge in [-0.15, -0.1) is 0 Å². The molecular formula is C12H14N4S. The molecule has 1 N–H and O–H groups in total. The van der Waals surface area contributed by atoms with Gasteiger partial charge in [0.2, 0.25) is 0 Å². The van der Waals surface area contributed by atoms with E-state index in [0.29, 0.717) is 0 Å². The number of aliphatic imine (C=N–C) groups is 1. The molecule has 1 aromatic carbocycles. The maximum atomic E-state index is 4.59. The lowest BCUT2D eigenvalue weighted by Crippen LogP contribution is -2.14. The number of aromatic nitrogens is 2. The fourth-order valence-electron chi connectivity index (χ4n) is 1.47. The van der Waals surface area contributed by atoms with Crippen LogP contribution in [0, 0.1) is 6.92 Å². The van der Waals surface area contributed by atoms with Gasteiger partial charge < -0.3 is 5.32 Å². The van der Waals surface area contributed by atoms with Crippen LogP contribution in [0.15, 0.2) is 34.3 Å². The number of amidine groups is 1. The first kappa shape index (κ1) is 11.9. The minimum absolute atomic E-state index is 0.831. The highest BCUT2D eigenvalue weighted by Gasteiger charge is 2.08. The molecule has 17 heavy (non-hydrogen) atoms. The van der Waals surface area contributed by atoms with Gasteiger partial charge in [0.15, 0.2) is 5.17 Å². The molecule has 0 saturated heterocycles. The summed E-state index contributed by atoms with van der Waals surface area (Å²) < 4.78 is 0. The van der Waals surface area contributed by atoms with E-state index in [-0.39, 0.29) is 0 Å². The van der Waals surface area contributed by atoms with Gasteiger partial charge >= 0.3 is 0 Å². The average Bonchev–Trinajstić information content (AvgIpc) is 2.36. The van der Waals surface area contributed by atoms with E-state index >= 15 is 0 Å². The molecule has 0 fully saturated rings. The maximum absolute atomic E-state index is 4.59. The normalized spacial score (nSPS) is 11.8. The zero-order valence-electron chi connectivity index (χ0n) is 10.1.